The summed E-state index contributed by atoms with van der Waals surface area (Å²) in [4.78, 5) is 54.2. The van der Waals surface area contributed by atoms with E-state index in [0.29, 0.717) is 25.7 Å². The van der Waals surface area contributed by atoms with Crippen LogP contribution in [0.1, 0.15) is 149 Å². The molecule has 1 aliphatic carbocycles. The summed E-state index contributed by atoms with van der Waals surface area (Å²) in [5.74, 6) is -1.31. The second-order valence-corrected chi connectivity index (χ2v) is 18.9. The van der Waals surface area contributed by atoms with E-state index in [2.05, 4.69) is 60.1 Å². The average molecular weight is 979 g/mol. The van der Waals surface area contributed by atoms with Crippen LogP contribution in [0.3, 0.4) is 0 Å². The van der Waals surface area contributed by atoms with Gasteiger partial charge < -0.3 is 49.7 Å². The van der Waals surface area contributed by atoms with Crippen molar-refractivity contribution in [2.45, 2.75) is 198 Å². The second kappa shape index (κ2) is 37.3. The maximum atomic E-state index is 13.0. The maximum absolute atomic E-state index is 13.0. The first-order valence-electron chi connectivity index (χ1n) is 23.6. The lowest BCUT2D eigenvalue weighted by atomic mass is 9.85. The van der Waals surface area contributed by atoms with Gasteiger partial charge in [0, 0.05) is 12.8 Å². The van der Waals surface area contributed by atoms with Gasteiger partial charge in [-0.2, -0.15) is 0 Å². The Morgan fingerprint density at radius 3 is 1.56 bits per heavy atom. The van der Waals surface area contributed by atoms with Gasteiger partial charge in [0.25, 0.3) is 0 Å². The zero-order valence-corrected chi connectivity index (χ0v) is 40.7. The molecule has 5 unspecified atom stereocenters. The van der Waals surface area contributed by atoms with Crippen molar-refractivity contribution in [1.82, 2.24) is 0 Å². The zero-order chi connectivity index (χ0) is 49.1. The number of esters is 2. The van der Waals surface area contributed by atoms with Gasteiger partial charge in [-0.25, -0.2) is 9.13 Å². The van der Waals surface area contributed by atoms with Crippen LogP contribution >= 0.6 is 15.6 Å². The minimum Gasteiger partial charge on any atom is -0.462 e. The summed E-state index contributed by atoms with van der Waals surface area (Å²) in [5, 5.41) is 50.8. The SMILES string of the molecule is CCCCC/C=C\C/C=C\CCCCCCCC(=O)OC[C@H](COP(=O)(O)O[C@H]1C(O)C(O)C(O)[C@@H](OP(=O)(O)O)C1O)OC(=O)CCC/C=C\C/C=C\C/C=C\C/C=C\CC[C@H](O)CC. The Hall–Kier alpha value is -2.60. The normalized spacial score (nSPS) is 22.6. The number of hydrogen-bond acceptors (Lipinski definition) is 14. The molecular formula is C47H80O17P2. The first kappa shape index (κ1) is 61.4. The monoisotopic (exact) mass is 978 g/mol. The third kappa shape index (κ3) is 31.4. The summed E-state index contributed by atoms with van der Waals surface area (Å²) >= 11 is 0. The number of phosphoric ester groups is 2. The second-order valence-electron chi connectivity index (χ2n) is 16.3. The van der Waals surface area contributed by atoms with Crippen LogP contribution in [0.25, 0.3) is 0 Å². The van der Waals surface area contributed by atoms with Crippen LogP contribution in [0, 0.1) is 0 Å². The van der Waals surface area contributed by atoms with Crippen molar-refractivity contribution < 1.29 is 82.0 Å². The van der Waals surface area contributed by atoms with Crippen molar-refractivity contribution >= 4 is 27.6 Å². The Bertz CT molecular complexity index is 1570. The van der Waals surface area contributed by atoms with Crippen molar-refractivity contribution in [3.8, 4) is 0 Å². The van der Waals surface area contributed by atoms with Crippen LogP contribution < -0.4 is 0 Å². The van der Waals surface area contributed by atoms with Crippen molar-refractivity contribution in [2.75, 3.05) is 13.2 Å². The van der Waals surface area contributed by atoms with E-state index in [9.17, 15) is 49.1 Å². The number of allylic oxidation sites excluding steroid dienone is 12. The van der Waals surface area contributed by atoms with Gasteiger partial charge in [-0.05, 0) is 89.9 Å². The minimum absolute atomic E-state index is 0.0517. The third-order valence-electron chi connectivity index (χ3n) is 10.4. The van der Waals surface area contributed by atoms with Gasteiger partial charge in [-0.3, -0.25) is 23.2 Å². The lowest BCUT2D eigenvalue weighted by Crippen LogP contribution is -2.64. The molecule has 0 aromatic heterocycles. The van der Waals surface area contributed by atoms with Gasteiger partial charge in [0.2, 0.25) is 0 Å². The maximum Gasteiger partial charge on any atom is 0.472 e. The molecule has 66 heavy (non-hydrogen) atoms. The van der Waals surface area contributed by atoms with Gasteiger partial charge in [-0.1, -0.05) is 119 Å². The molecule has 17 nitrogen and oxygen atoms in total. The highest BCUT2D eigenvalue weighted by atomic mass is 31.2. The number of aliphatic hydroxyl groups is 5. The Kier molecular flexibility index (Phi) is 34.7. The molecule has 0 heterocycles. The van der Waals surface area contributed by atoms with E-state index in [1.165, 1.54) is 19.3 Å². The predicted octanol–water partition coefficient (Wildman–Crippen LogP) is 7.81. The number of hydrogen-bond donors (Lipinski definition) is 8. The van der Waals surface area contributed by atoms with E-state index >= 15 is 0 Å². The lowest BCUT2D eigenvalue weighted by molar-refractivity contribution is -0.216. The van der Waals surface area contributed by atoms with Gasteiger partial charge >= 0.3 is 27.6 Å². The molecular weight excluding hydrogens is 898 g/mol. The van der Waals surface area contributed by atoms with Crippen LogP contribution in [-0.2, 0) is 41.8 Å². The number of phosphoric acid groups is 2. The number of carbonyl (C=O) groups excluding carboxylic acids is 2. The van der Waals surface area contributed by atoms with E-state index in [1.54, 1.807) is 0 Å². The van der Waals surface area contributed by atoms with Crippen LogP contribution in [-0.4, -0.2) is 114 Å². The van der Waals surface area contributed by atoms with Crippen LogP contribution in [0.5, 0.6) is 0 Å². The number of carbonyl (C=O) groups is 2. The highest BCUT2D eigenvalue weighted by molar-refractivity contribution is 7.47. The molecule has 380 valence electrons. The van der Waals surface area contributed by atoms with Crippen LogP contribution in [0.2, 0.25) is 0 Å². The first-order chi connectivity index (χ1) is 31.5. The fraction of sp³-hybridized carbons (Fsp3) is 0.702. The van der Waals surface area contributed by atoms with Gasteiger partial charge in [-0.15, -0.1) is 0 Å². The smallest absolute Gasteiger partial charge is 0.462 e. The first-order valence-corrected chi connectivity index (χ1v) is 26.6. The molecule has 0 bridgehead atoms. The van der Waals surface area contributed by atoms with Crippen LogP contribution in [0.4, 0.5) is 0 Å². The fourth-order valence-corrected chi connectivity index (χ4v) is 8.10. The van der Waals surface area contributed by atoms with E-state index in [4.69, 9.17) is 28.3 Å². The molecule has 0 aromatic rings. The van der Waals surface area contributed by atoms with Crippen molar-refractivity contribution in [1.29, 1.82) is 0 Å². The molecule has 0 aromatic carbocycles. The van der Waals surface area contributed by atoms with Crippen LogP contribution in [0.15, 0.2) is 72.9 Å². The fourth-order valence-electron chi connectivity index (χ4n) is 6.56. The molecule has 1 saturated carbocycles. The highest BCUT2D eigenvalue weighted by Crippen LogP contribution is 2.49. The Morgan fingerprint density at radius 2 is 1.02 bits per heavy atom. The summed E-state index contributed by atoms with van der Waals surface area (Å²) in [6, 6.07) is 0. The molecule has 8 N–H and O–H groups in total. The molecule has 1 fully saturated rings. The van der Waals surface area contributed by atoms with Crippen molar-refractivity contribution in [2.24, 2.45) is 0 Å². The third-order valence-corrected chi connectivity index (χ3v) is 11.9. The topological polar surface area (TPSA) is 276 Å². The van der Waals surface area contributed by atoms with E-state index in [-0.39, 0.29) is 18.9 Å². The summed E-state index contributed by atoms with van der Waals surface area (Å²) < 4.78 is 49.3. The Morgan fingerprint density at radius 1 is 0.545 bits per heavy atom. The quantitative estimate of drug-likeness (QED) is 0.0127. The number of aliphatic hydroxyl groups excluding tert-OH is 5. The molecule has 19 heteroatoms. The Labute approximate surface area is 392 Å². The van der Waals surface area contributed by atoms with Crippen molar-refractivity contribution in [3.63, 3.8) is 0 Å². The number of rotatable bonds is 38. The molecule has 0 radical (unpaired) electrons. The zero-order valence-electron chi connectivity index (χ0n) is 39.0. The molecule has 0 amide bonds. The molecule has 0 spiro atoms. The summed E-state index contributed by atoms with van der Waals surface area (Å²) in [6.07, 6.45) is 26.6. The summed E-state index contributed by atoms with van der Waals surface area (Å²) in [7, 11) is -10.7. The highest BCUT2D eigenvalue weighted by Gasteiger charge is 2.54. The predicted molar refractivity (Wildman–Crippen MR) is 252 cm³/mol. The number of unbranched alkanes of at least 4 members (excludes halogenated alkanes) is 9. The largest absolute Gasteiger partial charge is 0.472 e. The van der Waals surface area contributed by atoms with E-state index in [1.807, 2.05) is 31.2 Å². The van der Waals surface area contributed by atoms with Crippen molar-refractivity contribution in [3.05, 3.63) is 72.9 Å². The molecule has 0 aliphatic heterocycles. The summed E-state index contributed by atoms with van der Waals surface area (Å²) in [5.41, 5.74) is 0. The molecule has 0 saturated heterocycles. The van der Waals surface area contributed by atoms with Gasteiger partial charge in [0.15, 0.2) is 6.10 Å². The molecule has 9 atom stereocenters. The standard InChI is InChI=1S/C47H80O17P2/c1-3-5-6-7-8-9-10-11-12-16-19-22-25-28-31-34-40(49)60-36-39(37-61-66(58,59)64-47-44(53)42(51)43(52)46(45(47)54)63-65(55,56)57)62-41(50)35-32-29-26-23-20-17-14-13-15-18-21-24-27-30-33-38(48)4-2/h8-9,11-12,14-15,17-18,23-24,26-27,38-39,42-48,51-54H,3-7,10,13,16,19-22,25,28-37H2,1-2H3,(H,58,59)(H2,55,56,57)/b9-8-,12-11-,17-14-,18-15-,26-23-,27-24-/t38-,39-,42?,43?,44?,45?,46-,47+/m1/s1. The molecule has 1 rings (SSSR count). The number of ether oxygens (including phenoxy) is 2. The molecule has 1 aliphatic rings. The van der Waals surface area contributed by atoms with Gasteiger partial charge in [0.1, 0.15) is 43.2 Å². The van der Waals surface area contributed by atoms with E-state index in [0.717, 1.165) is 77.0 Å². The summed E-state index contributed by atoms with van der Waals surface area (Å²) in [6.45, 7) is 2.73. The van der Waals surface area contributed by atoms with E-state index < -0.39 is 83.5 Å². The lowest BCUT2D eigenvalue weighted by Gasteiger charge is -2.43. The minimum atomic E-state index is -5.38. The average Bonchev–Trinajstić information content (AvgIpc) is 3.27. The van der Waals surface area contributed by atoms with Gasteiger partial charge in [0.05, 0.1) is 12.7 Å². The Balaban J connectivity index is 2.66.